The molecular formula is C19H25N3O3S. The van der Waals surface area contributed by atoms with Crippen LogP contribution in [0.25, 0.3) is 0 Å². The maximum absolute atomic E-state index is 12.3. The van der Waals surface area contributed by atoms with E-state index in [2.05, 4.69) is 16.5 Å². The lowest BCUT2D eigenvalue weighted by atomic mass is 10.1. The Balaban J connectivity index is 1.57. The predicted molar refractivity (Wildman–Crippen MR) is 102 cm³/mol. The van der Waals surface area contributed by atoms with Crippen LogP contribution in [0.2, 0.25) is 0 Å². The fourth-order valence-electron chi connectivity index (χ4n) is 3.40. The van der Waals surface area contributed by atoms with Gasteiger partial charge in [0.2, 0.25) is 5.91 Å². The van der Waals surface area contributed by atoms with Crippen molar-refractivity contribution in [2.45, 2.75) is 50.8 Å². The minimum atomic E-state index is -3.18. The van der Waals surface area contributed by atoms with E-state index in [0.717, 1.165) is 36.8 Å². The second kappa shape index (κ2) is 8.03. The van der Waals surface area contributed by atoms with Gasteiger partial charge in [-0.1, -0.05) is 42.7 Å². The van der Waals surface area contributed by atoms with E-state index in [1.807, 2.05) is 25.1 Å². The number of hydrogen-bond donors (Lipinski definition) is 1. The van der Waals surface area contributed by atoms with Crippen LogP contribution < -0.4 is 5.32 Å². The third-order valence-corrected chi connectivity index (χ3v) is 7.08. The van der Waals surface area contributed by atoms with Crippen molar-refractivity contribution in [2.75, 3.05) is 11.1 Å². The van der Waals surface area contributed by atoms with Gasteiger partial charge in [0.15, 0.2) is 9.84 Å². The van der Waals surface area contributed by atoms with E-state index in [9.17, 15) is 13.2 Å². The van der Waals surface area contributed by atoms with Crippen molar-refractivity contribution in [1.29, 1.82) is 0 Å². The van der Waals surface area contributed by atoms with E-state index in [1.54, 1.807) is 16.9 Å². The summed E-state index contributed by atoms with van der Waals surface area (Å²) in [5.74, 6) is 0.197. The number of benzene rings is 1. The van der Waals surface area contributed by atoms with E-state index < -0.39 is 9.84 Å². The number of amides is 1. The van der Waals surface area contributed by atoms with Crippen molar-refractivity contribution >= 4 is 21.6 Å². The first-order chi connectivity index (χ1) is 12.4. The largest absolute Gasteiger partial charge is 0.311 e. The molecule has 0 aliphatic heterocycles. The Hall–Kier alpha value is -2.15. The molecule has 1 aliphatic rings. The molecule has 1 heterocycles. The monoisotopic (exact) mass is 375 g/mol. The first-order valence-corrected chi connectivity index (χ1v) is 10.7. The maximum atomic E-state index is 12.3. The van der Waals surface area contributed by atoms with Gasteiger partial charge in [0.05, 0.1) is 23.7 Å². The number of anilines is 1. The molecule has 2 aromatic rings. The van der Waals surface area contributed by atoms with Crippen LogP contribution in [0.4, 0.5) is 5.82 Å². The number of hydrogen-bond acceptors (Lipinski definition) is 4. The molecule has 0 unspecified atom stereocenters. The fourth-order valence-corrected chi connectivity index (χ4v) is 5.26. The number of sulfone groups is 1. The summed E-state index contributed by atoms with van der Waals surface area (Å²) in [5.41, 5.74) is 2.25. The predicted octanol–water partition coefficient (Wildman–Crippen LogP) is 2.93. The normalized spacial score (nSPS) is 15.3. The van der Waals surface area contributed by atoms with E-state index in [1.165, 1.54) is 0 Å². The Kier molecular flexibility index (Phi) is 5.76. The molecule has 140 valence electrons. The SMILES string of the molecule is Cc1cccc(Cn2nccc2NC(=O)CCS(=O)(=O)C2CCCC2)c1. The summed E-state index contributed by atoms with van der Waals surface area (Å²) in [5, 5.41) is 6.77. The van der Waals surface area contributed by atoms with Gasteiger partial charge in [0, 0.05) is 12.5 Å². The molecule has 1 fully saturated rings. The summed E-state index contributed by atoms with van der Waals surface area (Å²) >= 11 is 0. The Morgan fingerprint density at radius 3 is 2.77 bits per heavy atom. The second-order valence-corrected chi connectivity index (χ2v) is 9.34. The molecule has 1 aromatic carbocycles. The van der Waals surface area contributed by atoms with Crippen molar-refractivity contribution < 1.29 is 13.2 Å². The van der Waals surface area contributed by atoms with Gasteiger partial charge in [-0.2, -0.15) is 5.10 Å². The fraction of sp³-hybridized carbons (Fsp3) is 0.474. The highest BCUT2D eigenvalue weighted by molar-refractivity contribution is 7.92. The van der Waals surface area contributed by atoms with Gasteiger partial charge in [-0.25, -0.2) is 13.1 Å². The smallest absolute Gasteiger partial charge is 0.226 e. The van der Waals surface area contributed by atoms with E-state index in [0.29, 0.717) is 12.4 Å². The number of nitrogens with one attached hydrogen (secondary N) is 1. The number of carbonyl (C=O) groups excluding carboxylic acids is 1. The average Bonchev–Trinajstić information content (AvgIpc) is 3.26. The van der Waals surface area contributed by atoms with Gasteiger partial charge < -0.3 is 5.32 Å². The minimum absolute atomic E-state index is 0.0194. The number of carbonyl (C=O) groups is 1. The molecule has 1 N–H and O–H groups in total. The zero-order valence-electron chi connectivity index (χ0n) is 15.0. The zero-order chi connectivity index (χ0) is 18.6. The van der Waals surface area contributed by atoms with Crippen LogP contribution >= 0.6 is 0 Å². The lowest BCUT2D eigenvalue weighted by Crippen LogP contribution is -2.25. The topological polar surface area (TPSA) is 81.1 Å². The Labute approximate surface area is 154 Å². The summed E-state index contributed by atoms with van der Waals surface area (Å²) in [6.07, 6.45) is 5.00. The third-order valence-electron chi connectivity index (χ3n) is 4.82. The highest BCUT2D eigenvalue weighted by atomic mass is 32.2. The molecule has 7 heteroatoms. The summed E-state index contributed by atoms with van der Waals surface area (Å²) in [4.78, 5) is 12.2. The quantitative estimate of drug-likeness (QED) is 0.807. The van der Waals surface area contributed by atoms with Gasteiger partial charge in [-0.3, -0.25) is 4.79 Å². The van der Waals surface area contributed by atoms with Gasteiger partial charge in [0.1, 0.15) is 5.82 Å². The molecule has 1 amide bonds. The van der Waals surface area contributed by atoms with Crippen molar-refractivity contribution in [3.05, 3.63) is 47.7 Å². The van der Waals surface area contributed by atoms with Crippen molar-refractivity contribution in [2.24, 2.45) is 0 Å². The Bertz CT molecular complexity index is 868. The highest BCUT2D eigenvalue weighted by Gasteiger charge is 2.28. The molecule has 1 aromatic heterocycles. The van der Waals surface area contributed by atoms with Crippen LogP contribution in [0.3, 0.4) is 0 Å². The van der Waals surface area contributed by atoms with E-state index in [-0.39, 0.29) is 23.3 Å². The standard InChI is InChI=1S/C19H25N3O3S/c1-15-5-4-6-16(13-15)14-22-18(9-11-20-22)21-19(23)10-12-26(24,25)17-7-2-3-8-17/h4-6,9,11,13,17H,2-3,7-8,10,12,14H2,1H3,(H,21,23). The van der Waals surface area contributed by atoms with Gasteiger partial charge in [0.25, 0.3) is 0 Å². The molecule has 26 heavy (non-hydrogen) atoms. The second-order valence-electron chi connectivity index (χ2n) is 6.93. The van der Waals surface area contributed by atoms with Gasteiger partial charge in [-0.05, 0) is 25.3 Å². The van der Waals surface area contributed by atoms with E-state index >= 15 is 0 Å². The van der Waals surface area contributed by atoms with E-state index in [4.69, 9.17) is 0 Å². The molecule has 6 nitrogen and oxygen atoms in total. The van der Waals surface area contributed by atoms with Crippen molar-refractivity contribution in [1.82, 2.24) is 9.78 Å². The van der Waals surface area contributed by atoms with Crippen molar-refractivity contribution in [3.8, 4) is 0 Å². The molecule has 0 atom stereocenters. The molecule has 0 bridgehead atoms. The minimum Gasteiger partial charge on any atom is -0.311 e. The number of aromatic nitrogens is 2. The lowest BCUT2D eigenvalue weighted by Gasteiger charge is -2.12. The molecule has 3 rings (SSSR count). The summed E-state index contributed by atoms with van der Waals surface area (Å²) in [6, 6.07) is 9.81. The molecule has 0 radical (unpaired) electrons. The van der Waals surface area contributed by atoms with Crippen LogP contribution in [0.15, 0.2) is 36.5 Å². The molecule has 1 aliphatic carbocycles. The molecule has 0 spiro atoms. The van der Waals surface area contributed by atoms with Crippen LogP contribution in [-0.2, 0) is 21.2 Å². The van der Waals surface area contributed by atoms with Crippen LogP contribution in [0.1, 0.15) is 43.2 Å². The summed E-state index contributed by atoms with van der Waals surface area (Å²) in [6.45, 7) is 2.57. The zero-order valence-corrected chi connectivity index (χ0v) is 15.8. The first-order valence-electron chi connectivity index (χ1n) is 9.03. The number of nitrogens with zero attached hydrogens (tertiary/aromatic N) is 2. The highest BCUT2D eigenvalue weighted by Crippen LogP contribution is 2.25. The van der Waals surface area contributed by atoms with Gasteiger partial charge >= 0.3 is 0 Å². The number of rotatable bonds is 7. The Morgan fingerprint density at radius 2 is 2.04 bits per heavy atom. The van der Waals surface area contributed by atoms with Crippen LogP contribution in [0.5, 0.6) is 0 Å². The van der Waals surface area contributed by atoms with Gasteiger partial charge in [-0.15, -0.1) is 0 Å². The summed E-state index contributed by atoms with van der Waals surface area (Å²) in [7, 11) is -3.18. The molecule has 1 saturated carbocycles. The Morgan fingerprint density at radius 1 is 1.27 bits per heavy atom. The first kappa shape index (κ1) is 18.6. The van der Waals surface area contributed by atoms with Crippen molar-refractivity contribution in [3.63, 3.8) is 0 Å². The lowest BCUT2D eigenvalue weighted by molar-refractivity contribution is -0.115. The third kappa shape index (κ3) is 4.72. The van der Waals surface area contributed by atoms with Crippen LogP contribution in [0, 0.1) is 6.92 Å². The maximum Gasteiger partial charge on any atom is 0.226 e. The number of aryl methyl sites for hydroxylation is 1. The molecular weight excluding hydrogens is 350 g/mol. The molecule has 0 saturated heterocycles. The average molecular weight is 375 g/mol. The summed E-state index contributed by atoms with van der Waals surface area (Å²) < 4.78 is 26.3. The van der Waals surface area contributed by atoms with Crippen LogP contribution in [-0.4, -0.2) is 35.1 Å².